The van der Waals surface area contributed by atoms with Crippen LogP contribution in [0.3, 0.4) is 0 Å². The van der Waals surface area contributed by atoms with Gasteiger partial charge in [-0.25, -0.2) is 0 Å². The Morgan fingerprint density at radius 1 is 1.06 bits per heavy atom. The van der Waals surface area contributed by atoms with E-state index in [1.54, 1.807) is 0 Å². The smallest absolute Gasteiger partial charge is 0.321 e. The number of ether oxygens (including phenoxy) is 1. The van der Waals surface area contributed by atoms with Crippen molar-refractivity contribution >= 4 is 11.9 Å². The summed E-state index contributed by atoms with van der Waals surface area (Å²) in [6.07, 6.45) is 5.67. The number of rotatable bonds is 0. The highest BCUT2D eigenvalue weighted by atomic mass is 16.6. The summed E-state index contributed by atoms with van der Waals surface area (Å²) in [5.41, 5.74) is -1.20. The molecule has 0 radical (unpaired) electrons. The summed E-state index contributed by atoms with van der Waals surface area (Å²) < 4.78 is 4.97. The van der Waals surface area contributed by atoms with Crippen molar-refractivity contribution in [2.45, 2.75) is 52.9 Å². The molecule has 0 aromatic heterocycles. The Morgan fingerprint density at radius 3 is 2.47 bits per heavy atom. The fraction of sp³-hybridized carbons (Fsp3) is 0.857. The van der Waals surface area contributed by atoms with Gasteiger partial charge in [0.25, 0.3) is 0 Å². The predicted octanol–water partition coefficient (Wildman–Crippen LogP) is 2.68. The zero-order valence-electron chi connectivity index (χ0n) is 10.8. The maximum Gasteiger partial charge on any atom is 0.321 e. The van der Waals surface area contributed by atoms with Crippen LogP contribution in [0.25, 0.3) is 0 Å². The molecule has 17 heavy (non-hydrogen) atoms. The largest absolute Gasteiger partial charge is 0.392 e. The highest BCUT2D eigenvalue weighted by Crippen LogP contribution is 2.77. The molecule has 3 heteroatoms. The van der Waals surface area contributed by atoms with Gasteiger partial charge in [0.2, 0.25) is 0 Å². The summed E-state index contributed by atoms with van der Waals surface area (Å²) >= 11 is 0. The first-order valence-electron chi connectivity index (χ1n) is 6.66. The Bertz CT molecular complexity index is 416. The van der Waals surface area contributed by atoms with E-state index < -0.39 is 10.8 Å². The molecule has 0 spiro atoms. The zero-order valence-corrected chi connectivity index (χ0v) is 10.8. The van der Waals surface area contributed by atoms with Crippen LogP contribution in [0.4, 0.5) is 0 Å². The third-order valence-corrected chi connectivity index (χ3v) is 6.35. The second-order valence-electron chi connectivity index (χ2n) is 6.57. The van der Waals surface area contributed by atoms with Gasteiger partial charge in [0.15, 0.2) is 0 Å². The molecule has 4 unspecified atom stereocenters. The van der Waals surface area contributed by atoms with Crippen LogP contribution >= 0.6 is 0 Å². The topological polar surface area (TPSA) is 43.4 Å². The van der Waals surface area contributed by atoms with Crippen molar-refractivity contribution in [1.82, 2.24) is 0 Å². The summed E-state index contributed by atoms with van der Waals surface area (Å²) in [4.78, 5) is 24.1. The highest BCUT2D eigenvalue weighted by Gasteiger charge is 2.83. The van der Waals surface area contributed by atoms with E-state index in [9.17, 15) is 9.59 Å². The minimum Gasteiger partial charge on any atom is -0.392 e. The van der Waals surface area contributed by atoms with Crippen LogP contribution < -0.4 is 0 Å². The van der Waals surface area contributed by atoms with Gasteiger partial charge < -0.3 is 4.74 Å². The summed E-state index contributed by atoms with van der Waals surface area (Å²) in [6, 6.07) is 0. The van der Waals surface area contributed by atoms with Crippen molar-refractivity contribution in [3.8, 4) is 0 Å². The molecule has 0 aromatic rings. The second-order valence-corrected chi connectivity index (χ2v) is 6.57. The van der Waals surface area contributed by atoms with E-state index in [1.807, 2.05) is 13.8 Å². The Morgan fingerprint density at radius 2 is 1.76 bits per heavy atom. The van der Waals surface area contributed by atoms with Crippen LogP contribution in [-0.2, 0) is 14.3 Å². The molecule has 3 rings (SSSR count). The van der Waals surface area contributed by atoms with Gasteiger partial charge in [-0.15, -0.1) is 0 Å². The molecular formula is C14H20O3. The monoisotopic (exact) mass is 236 g/mol. The summed E-state index contributed by atoms with van der Waals surface area (Å²) in [5, 5.41) is 0. The van der Waals surface area contributed by atoms with Crippen LogP contribution in [0, 0.1) is 22.2 Å². The van der Waals surface area contributed by atoms with Gasteiger partial charge in [-0.3, -0.25) is 9.59 Å². The predicted molar refractivity (Wildman–Crippen MR) is 62.0 cm³/mol. The molecule has 0 aromatic carbocycles. The lowest BCUT2D eigenvalue weighted by Gasteiger charge is -2.66. The van der Waals surface area contributed by atoms with E-state index in [-0.39, 0.29) is 17.4 Å². The van der Waals surface area contributed by atoms with Crippen LogP contribution in [0.1, 0.15) is 52.9 Å². The molecule has 1 heterocycles. The zero-order chi connectivity index (χ0) is 12.5. The van der Waals surface area contributed by atoms with Crippen molar-refractivity contribution < 1.29 is 14.3 Å². The lowest BCUT2D eigenvalue weighted by molar-refractivity contribution is -0.225. The summed E-state index contributed by atoms with van der Waals surface area (Å²) in [7, 11) is 0. The number of fused-ring (bicyclic) bond motifs is 4. The van der Waals surface area contributed by atoms with Gasteiger partial charge in [-0.2, -0.15) is 0 Å². The third kappa shape index (κ3) is 0.892. The van der Waals surface area contributed by atoms with Crippen molar-refractivity contribution in [1.29, 1.82) is 0 Å². The van der Waals surface area contributed by atoms with Gasteiger partial charge >= 0.3 is 11.9 Å². The first kappa shape index (κ1) is 11.2. The Balaban J connectivity index is 2.13. The molecule has 94 valence electrons. The van der Waals surface area contributed by atoms with E-state index in [0.717, 1.165) is 12.8 Å². The third-order valence-electron chi connectivity index (χ3n) is 6.35. The minimum atomic E-state index is -0.591. The van der Waals surface area contributed by atoms with Gasteiger partial charge in [0, 0.05) is 0 Å². The fourth-order valence-corrected chi connectivity index (χ4v) is 4.98. The van der Waals surface area contributed by atoms with E-state index >= 15 is 0 Å². The number of cyclic esters (lactones) is 2. The molecule has 2 aliphatic carbocycles. The normalized spacial score (nSPS) is 53.2. The molecule has 0 N–H and O–H groups in total. The van der Waals surface area contributed by atoms with Crippen molar-refractivity contribution in [3.05, 3.63) is 0 Å². The number of hydrogen-bond donors (Lipinski definition) is 0. The van der Waals surface area contributed by atoms with Crippen LogP contribution in [0.2, 0.25) is 0 Å². The lowest BCUT2D eigenvalue weighted by atomic mass is 9.32. The molecule has 1 saturated heterocycles. The van der Waals surface area contributed by atoms with Gasteiger partial charge in [0.05, 0.1) is 10.8 Å². The molecule has 4 atom stereocenters. The lowest BCUT2D eigenvalue weighted by Crippen LogP contribution is -2.70. The standard InChI is InChI=1S/C14H20O3/c1-12-8-6-4-5-7-9(12)13(2)10(15)17-11(16)14(12,13)3/h9H,4-8H2,1-3H3. The molecule has 1 aliphatic heterocycles. The van der Waals surface area contributed by atoms with E-state index in [4.69, 9.17) is 4.74 Å². The summed E-state index contributed by atoms with van der Waals surface area (Å²) in [5.74, 6) is -0.249. The Kier molecular flexibility index (Phi) is 1.94. The SMILES string of the molecule is CC12CCCCCC1C1(C)C(=O)OC(=O)C21C. The fourth-order valence-electron chi connectivity index (χ4n) is 4.98. The average molecular weight is 236 g/mol. The second kappa shape index (κ2) is 2.93. The molecule has 0 amide bonds. The van der Waals surface area contributed by atoms with Crippen molar-refractivity contribution in [2.75, 3.05) is 0 Å². The van der Waals surface area contributed by atoms with Gasteiger partial charge in [-0.05, 0) is 38.0 Å². The Labute approximate surface area is 102 Å². The van der Waals surface area contributed by atoms with E-state index in [1.165, 1.54) is 19.3 Å². The number of carbonyl (C=O) groups is 2. The maximum absolute atomic E-state index is 12.1. The highest BCUT2D eigenvalue weighted by molar-refractivity contribution is 6.04. The van der Waals surface area contributed by atoms with Crippen molar-refractivity contribution in [3.63, 3.8) is 0 Å². The average Bonchev–Trinajstić information content (AvgIpc) is 2.46. The van der Waals surface area contributed by atoms with Crippen LogP contribution in [-0.4, -0.2) is 11.9 Å². The number of carbonyl (C=O) groups excluding carboxylic acids is 2. The van der Waals surface area contributed by atoms with Gasteiger partial charge in [0.1, 0.15) is 0 Å². The van der Waals surface area contributed by atoms with Gasteiger partial charge in [-0.1, -0.05) is 26.2 Å². The molecule has 2 saturated carbocycles. The maximum atomic E-state index is 12.1. The Hall–Kier alpha value is -0.860. The molecule has 0 bridgehead atoms. The molecule has 3 nitrogen and oxygen atoms in total. The first-order valence-corrected chi connectivity index (χ1v) is 6.66. The summed E-state index contributed by atoms with van der Waals surface area (Å²) in [6.45, 7) is 6.07. The molecule has 3 fully saturated rings. The van der Waals surface area contributed by atoms with Crippen molar-refractivity contribution in [2.24, 2.45) is 22.2 Å². The number of hydrogen-bond acceptors (Lipinski definition) is 3. The molecular weight excluding hydrogens is 216 g/mol. The van der Waals surface area contributed by atoms with E-state index in [0.29, 0.717) is 5.92 Å². The van der Waals surface area contributed by atoms with Crippen LogP contribution in [0.5, 0.6) is 0 Å². The van der Waals surface area contributed by atoms with E-state index in [2.05, 4.69) is 6.92 Å². The van der Waals surface area contributed by atoms with Crippen LogP contribution in [0.15, 0.2) is 0 Å². The number of esters is 2. The minimum absolute atomic E-state index is 0.0402. The molecule has 3 aliphatic rings. The first-order chi connectivity index (χ1) is 7.89. The quantitative estimate of drug-likeness (QED) is 0.480.